The zero-order chi connectivity index (χ0) is 14.3. The molecule has 2 aromatic rings. The summed E-state index contributed by atoms with van der Waals surface area (Å²) in [6, 6.07) is 5.58. The lowest BCUT2D eigenvalue weighted by molar-refractivity contribution is -0.142. The van der Waals surface area contributed by atoms with Crippen molar-refractivity contribution in [3.63, 3.8) is 0 Å². The number of hydrogen-bond donors (Lipinski definition) is 1. The molecular weight excluding hydrogens is 276 g/mol. The van der Waals surface area contributed by atoms with Crippen molar-refractivity contribution in [3.8, 4) is 0 Å². The van der Waals surface area contributed by atoms with Crippen LogP contribution in [-0.2, 0) is 11.8 Å². The number of halogens is 1. The van der Waals surface area contributed by atoms with Gasteiger partial charge in [-0.2, -0.15) is 0 Å². The van der Waals surface area contributed by atoms with E-state index in [1.807, 2.05) is 42.0 Å². The van der Waals surface area contributed by atoms with Gasteiger partial charge in [-0.1, -0.05) is 29.8 Å². The van der Waals surface area contributed by atoms with Gasteiger partial charge in [-0.3, -0.25) is 4.79 Å². The van der Waals surface area contributed by atoms with Crippen molar-refractivity contribution >= 4 is 28.6 Å². The van der Waals surface area contributed by atoms with Gasteiger partial charge < -0.3 is 9.67 Å². The average molecular weight is 291 g/mol. The summed E-state index contributed by atoms with van der Waals surface area (Å²) in [4.78, 5) is 16.0. The van der Waals surface area contributed by atoms with Crippen molar-refractivity contribution in [1.82, 2.24) is 9.55 Å². The van der Waals surface area contributed by atoms with Gasteiger partial charge in [0.05, 0.1) is 22.0 Å². The second-order valence-electron chi connectivity index (χ2n) is 5.13. The number of nitrogens with zero attached hydrogens (tertiary/aromatic N) is 2. The Morgan fingerprint density at radius 3 is 2.85 bits per heavy atom. The number of aromatic nitrogens is 2. The van der Waals surface area contributed by atoms with Gasteiger partial charge in [0.2, 0.25) is 0 Å². The summed E-state index contributed by atoms with van der Waals surface area (Å²) in [6.45, 7) is 0. The number of fused-ring (bicyclic) bond motifs is 1. The van der Waals surface area contributed by atoms with Gasteiger partial charge >= 0.3 is 5.97 Å². The van der Waals surface area contributed by atoms with E-state index in [0.717, 1.165) is 16.9 Å². The molecule has 4 nitrogen and oxygen atoms in total. The first kappa shape index (κ1) is 13.2. The first-order valence-corrected chi connectivity index (χ1v) is 6.96. The molecule has 104 valence electrons. The number of carboxylic acids is 1. The van der Waals surface area contributed by atoms with E-state index in [-0.39, 0.29) is 5.92 Å². The maximum atomic E-state index is 11.4. The van der Waals surface area contributed by atoms with Gasteiger partial charge in [-0.15, -0.1) is 0 Å². The number of aliphatic carboxylic acids is 1. The number of para-hydroxylation sites is 1. The van der Waals surface area contributed by atoms with Crippen molar-refractivity contribution < 1.29 is 9.90 Å². The number of rotatable bonds is 2. The lowest BCUT2D eigenvalue weighted by Crippen LogP contribution is -2.25. The summed E-state index contributed by atoms with van der Waals surface area (Å²) in [7, 11) is 1.90. The van der Waals surface area contributed by atoms with Crippen molar-refractivity contribution in [2.24, 2.45) is 13.0 Å². The van der Waals surface area contributed by atoms with E-state index >= 15 is 0 Å². The fraction of sp³-hybridized carbons (Fsp3) is 0.333. The Bertz CT molecular complexity index is 705. The molecule has 1 aliphatic rings. The van der Waals surface area contributed by atoms with E-state index in [0.29, 0.717) is 17.9 Å². The van der Waals surface area contributed by atoms with Gasteiger partial charge in [0.15, 0.2) is 0 Å². The number of aryl methyl sites for hydroxylation is 1. The van der Waals surface area contributed by atoms with E-state index in [1.54, 1.807) is 0 Å². The lowest BCUT2D eigenvalue weighted by Gasteiger charge is -2.24. The molecule has 20 heavy (non-hydrogen) atoms. The van der Waals surface area contributed by atoms with Crippen LogP contribution in [0.2, 0.25) is 5.02 Å². The van der Waals surface area contributed by atoms with E-state index < -0.39 is 11.9 Å². The predicted molar refractivity (Wildman–Crippen MR) is 78.0 cm³/mol. The molecule has 3 rings (SSSR count). The van der Waals surface area contributed by atoms with Crippen LogP contribution in [0.5, 0.6) is 0 Å². The maximum absolute atomic E-state index is 11.4. The van der Waals surface area contributed by atoms with Gasteiger partial charge in [-0.05, 0) is 25.0 Å². The molecule has 0 aliphatic heterocycles. The van der Waals surface area contributed by atoms with E-state index in [9.17, 15) is 9.90 Å². The Balaban J connectivity index is 2.14. The number of imidazole rings is 1. The van der Waals surface area contributed by atoms with Crippen LogP contribution in [0.1, 0.15) is 24.6 Å². The minimum atomic E-state index is -0.766. The second kappa shape index (κ2) is 4.94. The van der Waals surface area contributed by atoms with Crippen LogP contribution in [0.25, 0.3) is 11.0 Å². The first-order chi connectivity index (χ1) is 9.59. The highest BCUT2D eigenvalue weighted by Gasteiger charge is 2.33. The third-order valence-corrected chi connectivity index (χ3v) is 4.27. The van der Waals surface area contributed by atoms with Crippen LogP contribution in [0.3, 0.4) is 0 Å². The van der Waals surface area contributed by atoms with Crippen LogP contribution < -0.4 is 0 Å². The topological polar surface area (TPSA) is 55.1 Å². The smallest absolute Gasteiger partial charge is 0.307 e. The average Bonchev–Trinajstić information content (AvgIpc) is 2.77. The standard InChI is InChI=1S/C15H15ClN2O2/c1-18-13-11(16)7-4-8-12(13)17-14(18)9-5-2-3-6-10(9)15(19)20/h2-4,7-10H,5-6H2,1H3,(H,19,20)/t9-,10+/m1/s1. The van der Waals surface area contributed by atoms with Gasteiger partial charge in [0, 0.05) is 13.0 Å². The lowest BCUT2D eigenvalue weighted by atomic mass is 9.82. The molecule has 1 aromatic heterocycles. The van der Waals surface area contributed by atoms with Gasteiger partial charge in [0.1, 0.15) is 5.82 Å². The Hall–Kier alpha value is -1.81. The molecule has 0 spiro atoms. The molecular formula is C15H15ClN2O2. The van der Waals surface area contributed by atoms with Crippen molar-refractivity contribution in [1.29, 1.82) is 0 Å². The zero-order valence-corrected chi connectivity index (χ0v) is 11.8. The molecule has 1 N–H and O–H groups in total. The molecule has 0 amide bonds. The first-order valence-electron chi connectivity index (χ1n) is 6.58. The highest BCUT2D eigenvalue weighted by atomic mass is 35.5. The van der Waals surface area contributed by atoms with Crippen LogP contribution in [0, 0.1) is 5.92 Å². The van der Waals surface area contributed by atoms with Crippen LogP contribution >= 0.6 is 11.6 Å². The molecule has 0 radical (unpaired) electrons. The third-order valence-electron chi connectivity index (χ3n) is 3.96. The Morgan fingerprint density at radius 1 is 1.40 bits per heavy atom. The molecule has 0 saturated heterocycles. The molecule has 1 aliphatic carbocycles. The molecule has 0 saturated carbocycles. The quantitative estimate of drug-likeness (QED) is 0.863. The van der Waals surface area contributed by atoms with Crippen LogP contribution in [0.4, 0.5) is 0 Å². The summed E-state index contributed by atoms with van der Waals surface area (Å²) in [5.41, 5.74) is 1.68. The van der Waals surface area contributed by atoms with Crippen LogP contribution in [0.15, 0.2) is 30.4 Å². The molecule has 5 heteroatoms. The van der Waals surface area contributed by atoms with Crippen molar-refractivity contribution in [3.05, 3.63) is 41.2 Å². The van der Waals surface area contributed by atoms with Crippen molar-refractivity contribution in [2.75, 3.05) is 0 Å². The summed E-state index contributed by atoms with van der Waals surface area (Å²) in [5.74, 6) is -0.498. The van der Waals surface area contributed by atoms with E-state index in [2.05, 4.69) is 4.98 Å². The maximum Gasteiger partial charge on any atom is 0.307 e. The molecule has 1 heterocycles. The predicted octanol–water partition coefficient (Wildman–Crippen LogP) is 3.36. The highest BCUT2D eigenvalue weighted by molar-refractivity contribution is 6.35. The molecule has 0 bridgehead atoms. The summed E-state index contributed by atoms with van der Waals surface area (Å²) >= 11 is 6.22. The fourth-order valence-electron chi connectivity index (χ4n) is 2.94. The Kier molecular flexibility index (Phi) is 3.26. The van der Waals surface area contributed by atoms with E-state index in [4.69, 9.17) is 11.6 Å². The SMILES string of the molecule is Cn1c([C@@H]2CC=CC[C@@H]2C(=O)O)nc2cccc(Cl)c21. The van der Waals surface area contributed by atoms with E-state index in [1.165, 1.54) is 0 Å². The van der Waals surface area contributed by atoms with Crippen LogP contribution in [-0.4, -0.2) is 20.6 Å². The molecule has 0 fully saturated rings. The fourth-order valence-corrected chi connectivity index (χ4v) is 3.24. The number of allylic oxidation sites excluding steroid dienone is 2. The summed E-state index contributed by atoms with van der Waals surface area (Å²) in [6.07, 6.45) is 5.22. The Morgan fingerprint density at radius 2 is 2.15 bits per heavy atom. The minimum absolute atomic E-state index is 0.106. The summed E-state index contributed by atoms with van der Waals surface area (Å²) < 4.78 is 1.93. The monoisotopic (exact) mass is 290 g/mol. The molecule has 1 aromatic carbocycles. The number of carboxylic acid groups (broad SMARTS) is 1. The normalized spacial score (nSPS) is 22.3. The number of hydrogen-bond acceptors (Lipinski definition) is 2. The largest absolute Gasteiger partial charge is 0.481 e. The van der Waals surface area contributed by atoms with Gasteiger partial charge in [0.25, 0.3) is 0 Å². The van der Waals surface area contributed by atoms with Gasteiger partial charge in [-0.25, -0.2) is 4.98 Å². The third kappa shape index (κ3) is 2.00. The Labute approximate surface area is 121 Å². The minimum Gasteiger partial charge on any atom is -0.481 e. The second-order valence-corrected chi connectivity index (χ2v) is 5.54. The summed E-state index contributed by atoms with van der Waals surface area (Å²) in [5, 5.41) is 10.0. The van der Waals surface area contributed by atoms with Crippen molar-refractivity contribution in [2.45, 2.75) is 18.8 Å². The molecule has 2 atom stereocenters. The number of carbonyl (C=O) groups is 1. The zero-order valence-electron chi connectivity index (χ0n) is 11.1. The number of benzene rings is 1. The molecule has 0 unspecified atom stereocenters. The highest BCUT2D eigenvalue weighted by Crippen LogP contribution is 2.36.